The molecule has 33 heavy (non-hydrogen) atoms. The van der Waals surface area contributed by atoms with Crippen LogP contribution in [0.4, 0.5) is 0 Å². The van der Waals surface area contributed by atoms with Gasteiger partial charge in [-0.25, -0.2) is 0 Å². The number of pyridine rings is 1. The maximum absolute atomic E-state index is 12.7. The molecule has 0 spiro atoms. The molecule has 0 aliphatic heterocycles. The largest absolute Gasteiger partial charge is 0.346 e. The summed E-state index contributed by atoms with van der Waals surface area (Å²) in [6.07, 6.45) is 3.97. The molecule has 0 aliphatic rings. The van der Waals surface area contributed by atoms with Crippen molar-refractivity contribution >= 4 is 34.3 Å². The van der Waals surface area contributed by atoms with Crippen LogP contribution >= 0.6 is 11.6 Å². The van der Waals surface area contributed by atoms with Gasteiger partial charge in [0.2, 0.25) is 5.91 Å². The monoisotopic (exact) mass is 461 g/mol. The van der Waals surface area contributed by atoms with Crippen molar-refractivity contribution in [2.24, 2.45) is 0 Å². The summed E-state index contributed by atoms with van der Waals surface area (Å²) in [5, 5.41) is 11.6. The summed E-state index contributed by atoms with van der Waals surface area (Å²) >= 11 is 6.08. The number of H-pyrrole nitrogens is 1. The number of nitrogens with zero attached hydrogens (tertiary/aromatic N) is 3. The predicted octanol–water partition coefficient (Wildman–Crippen LogP) is 4.11. The van der Waals surface area contributed by atoms with E-state index >= 15 is 0 Å². The minimum absolute atomic E-state index is 0.0320. The number of aromatic nitrogens is 3. The topological polar surface area (TPSA) is 91.0 Å². The zero-order valence-corrected chi connectivity index (χ0v) is 19.2. The number of hydrogen-bond acceptors (Lipinski definition) is 4. The van der Waals surface area contributed by atoms with E-state index in [0.717, 1.165) is 33.3 Å². The van der Waals surface area contributed by atoms with Crippen molar-refractivity contribution in [3.05, 3.63) is 93.9 Å². The van der Waals surface area contributed by atoms with Crippen molar-refractivity contribution < 1.29 is 9.59 Å². The van der Waals surface area contributed by atoms with Crippen molar-refractivity contribution in [3.63, 3.8) is 0 Å². The molecular formula is C25H24ClN5O2. The normalized spacial score (nSPS) is 10.9. The van der Waals surface area contributed by atoms with Gasteiger partial charge in [-0.2, -0.15) is 5.10 Å². The second-order valence-corrected chi connectivity index (χ2v) is 8.43. The summed E-state index contributed by atoms with van der Waals surface area (Å²) in [5.74, 6) is -0.185. The molecule has 0 radical (unpaired) electrons. The Balaban J connectivity index is 1.39. The molecule has 8 heteroatoms. The van der Waals surface area contributed by atoms with Crippen molar-refractivity contribution in [1.29, 1.82) is 0 Å². The Morgan fingerprint density at radius 1 is 1.03 bits per heavy atom. The molecule has 2 aromatic carbocycles. The molecule has 168 valence electrons. The lowest BCUT2D eigenvalue weighted by atomic mass is 10.0. The molecule has 0 bridgehead atoms. The maximum atomic E-state index is 12.7. The Kier molecular flexibility index (Phi) is 6.70. The van der Waals surface area contributed by atoms with Crippen LogP contribution in [-0.4, -0.2) is 38.9 Å². The summed E-state index contributed by atoms with van der Waals surface area (Å²) in [7, 11) is 1.78. The zero-order chi connectivity index (χ0) is 23.4. The molecular weight excluding hydrogens is 438 g/mol. The van der Waals surface area contributed by atoms with E-state index in [2.05, 4.69) is 20.5 Å². The first kappa shape index (κ1) is 22.5. The summed E-state index contributed by atoms with van der Waals surface area (Å²) in [6, 6.07) is 15.4. The summed E-state index contributed by atoms with van der Waals surface area (Å²) in [6.45, 7) is 2.40. The van der Waals surface area contributed by atoms with Gasteiger partial charge < -0.3 is 10.2 Å². The standard InChI is InChI=1S/C25H24ClN5O2/c1-16(32)31(2)15-18-5-3-17(4-6-18)9-19-10-20(13-27-12-19)25(33)28-14-24-22-11-21(26)7-8-23(22)29-30-24/h3-8,10-13H,9,14-15H2,1-2H3,(H,28,33)(H,29,30). The lowest BCUT2D eigenvalue weighted by Crippen LogP contribution is -2.23. The van der Waals surface area contributed by atoms with E-state index in [1.807, 2.05) is 42.5 Å². The molecule has 2 aromatic heterocycles. The highest BCUT2D eigenvalue weighted by molar-refractivity contribution is 6.31. The Hall–Kier alpha value is -3.71. The van der Waals surface area contributed by atoms with Gasteiger partial charge >= 0.3 is 0 Å². The van der Waals surface area contributed by atoms with Crippen LogP contribution in [0.2, 0.25) is 5.02 Å². The number of rotatable bonds is 7. The van der Waals surface area contributed by atoms with Crippen molar-refractivity contribution in [1.82, 2.24) is 25.4 Å². The zero-order valence-electron chi connectivity index (χ0n) is 18.4. The Morgan fingerprint density at radius 2 is 1.79 bits per heavy atom. The van der Waals surface area contributed by atoms with Crippen LogP contribution in [0.3, 0.4) is 0 Å². The van der Waals surface area contributed by atoms with Gasteiger partial charge in [0.25, 0.3) is 5.91 Å². The molecule has 0 aliphatic carbocycles. The Morgan fingerprint density at radius 3 is 2.55 bits per heavy atom. The van der Waals surface area contributed by atoms with Gasteiger partial charge in [-0.15, -0.1) is 0 Å². The van der Waals surface area contributed by atoms with E-state index in [-0.39, 0.29) is 18.4 Å². The van der Waals surface area contributed by atoms with Crippen molar-refractivity contribution in [2.75, 3.05) is 7.05 Å². The fraction of sp³-hybridized carbons (Fsp3) is 0.200. The van der Waals surface area contributed by atoms with E-state index < -0.39 is 0 Å². The number of carbonyl (C=O) groups is 2. The van der Waals surface area contributed by atoms with Crippen LogP contribution in [0, 0.1) is 0 Å². The first-order chi connectivity index (χ1) is 15.9. The number of benzene rings is 2. The number of amides is 2. The first-order valence-electron chi connectivity index (χ1n) is 10.5. The van der Waals surface area contributed by atoms with E-state index in [4.69, 9.17) is 11.6 Å². The van der Waals surface area contributed by atoms with Gasteiger partial charge in [0.1, 0.15) is 0 Å². The third-order valence-corrected chi connectivity index (χ3v) is 5.70. The fourth-order valence-electron chi connectivity index (χ4n) is 3.53. The van der Waals surface area contributed by atoms with Crippen LogP contribution in [0.25, 0.3) is 10.9 Å². The number of carbonyl (C=O) groups excluding carboxylic acids is 2. The smallest absolute Gasteiger partial charge is 0.253 e. The molecule has 0 fully saturated rings. The van der Waals surface area contributed by atoms with E-state index in [1.165, 1.54) is 0 Å². The Labute approximate surface area is 196 Å². The van der Waals surface area contributed by atoms with E-state index in [9.17, 15) is 9.59 Å². The molecule has 2 heterocycles. The highest BCUT2D eigenvalue weighted by atomic mass is 35.5. The molecule has 4 rings (SSSR count). The van der Waals surface area contributed by atoms with Crippen molar-refractivity contribution in [2.45, 2.75) is 26.4 Å². The van der Waals surface area contributed by atoms with Crippen LogP contribution in [0.1, 0.15) is 39.7 Å². The molecule has 4 aromatic rings. The van der Waals surface area contributed by atoms with Crippen LogP contribution in [0.15, 0.2) is 60.9 Å². The number of aromatic amines is 1. The van der Waals surface area contributed by atoms with Crippen molar-refractivity contribution in [3.8, 4) is 0 Å². The minimum Gasteiger partial charge on any atom is -0.346 e. The average Bonchev–Trinajstić information content (AvgIpc) is 3.21. The third-order valence-electron chi connectivity index (χ3n) is 5.47. The van der Waals surface area contributed by atoms with Gasteiger partial charge in [0.15, 0.2) is 0 Å². The van der Waals surface area contributed by atoms with Gasteiger partial charge in [0, 0.05) is 43.3 Å². The molecule has 2 amide bonds. The quantitative estimate of drug-likeness (QED) is 0.433. The van der Waals surface area contributed by atoms with E-state index in [1.54, 1.807) is 37.3 Å². The molecule has 0 saturated carbocycles. The molecule has 0 unspecified atom stereocenters. The number of fused-ring (bicyclic) bond motifs is 1. The maximum Gasteiger partial charge on any atom is 0.253 e. The van der Waals surface area contributed by atoms with Gasteiger partial charge in [-0.05, 0) is 47.4 Å². The lowest BCUT2D eigenvalue weighted by molar-refractivity contribution is -0.128. The predicted molar refractivity (Wildman–Crippen MR) is 128 cm³/mol. The number of nitrogens with one attached hydrogen (secondary N) is 2. The van der Waals surface area contributed by atoms with E-state index in [0.29, 0.717) is 23.6 Å². The van der Waals surface area contributed by atoms with Gasteiger partial charge in [0.05, 0.1) is 23.3 Å². The summed E-state index contributed by atoms with van der Waals surface area (Å²) in [4.78, 5) is 30.0. The number of hydrogen-bond donors (Lipinski definition) is 2. The minimum atomic E-state index is -0.217. The second-order valence-electron chi connectivity index (χ2n) is 7.99. The summed E-state index contributed by atoms with van der Waals surface area (Å²) < 4.78 is 0. The number of halogens is 1. The average molecular weight is 462 g/mol. The first-order valence-corrected chi connectivity index (χ1v) is 10.9. The third kappa shape index (κ3) is 5.56. The Bertz CT molecular complexity index is 1300. The lowest BCUT2D eigenvalue weighted by Gasteiger charge is -2.15. The molecule has 0 saturated heterocycles. The molecule has 0 atom stereocenters. The van der Waals surface area contributed by atoms with Crippen LogP contribution in [0.5, 0.6) is 0 Å². The van der Waals surface area contributed by atoms with Gasteiger partial charge in [-0.3, -0.25) is 19.7 Å². The SMILES string of the molecule is CC(=O)N(C)Cc1ccc(Cc2cncc(C(=O)NCc3n[nH]c4ccc(Cl)cc34)c2)cc1. The second kappa shape index (κ2) is 9.83. The van der Waals surface area contributed by atoms with Crippen LogP contribution < -0.4 is 5.32 Å². The highest BCUT2D eigenvalue weighted by Crippen LogP contribution is 2.20. The fourth-order valence-corrected chi connectivity index (χ4v) is 3.71. The molecule has 7 nitrogen and oxygen atoms in total. The highest BCUT2D eigenvalue weighted by Gasteiger charge is 2.11. The molecule has 2 N–H and O–H groups in total. The summed E-state index contributed by atoms with van der Waals surface area (Å²) in [5.41, 5.74) is 5.18. The van der Waals surface area contributed by atoms with Gasteiger partial charge in [-0.1, -0.05) is 35.9 Å². The van der Waals surface area contributed by atoms with Crippen LogP contribution in [-0.2, 0) is 24.3 Å².